The lowest BCUT2D eigenvalue weighted by Gasteiger charge is -2.30. The maximum Gasteiger partial charge on any atom is 0.265 e. The number of nitrogens with one attached hydrogen (secondary N) is 1. The lowest BCUT2D eigenvalue weighted by molar-refractivity contribution is -0.123. The van der Waals surface area contributed by atoms with E-state index in [2.05, 4.69) is 5.32 Å². The molecule has 0 unspecified atom stereocenters. The Balaban J connectivity index is 1.61. The van der Waals surface area contributed by atoms with E-state index >= 15 is 0 Å². The number of ether oxygens (including phenoxy) is 2. The van der Waals surface area contributed by atoms with Crippen LogP contribution in [0.2, 0.25) is 0 Å². The molecule has 1 aliphatic rings. The van der Waals surface area contributed by atoms with Gasteiger partial charge in [-0.1, -0.05) is 38.5 Å². The summed E-state index contributed by atoms with van der Waals surface area (Å²) < 4.78 is 11.3. The van der Waals surface area contributed by atoms with Crippen LogP contribution in [0.1, 0.15) is 32.8 Å². The molecule has 0 aromatic heterocycles. The van der Waals surface area contributed by atoms with Crippen LogP contribution in [0.3, 0.4) is 0 Å². The third-order valence-corrected chi connectivity index (χ3v) is 4.66. The summed E-state index contributed by atoms with van der Waals surface area (Å²) >= 11 is 0. The summed E-state index contributed by atoms with van der Waals surface area (Å²) in [6.07, 6.45) is 0.696. The monoisotopic (exact) mass is 396 g/mol. The fraction of sp³-hybridized carbons (Fsp3) is 0.391. The zero-order chi connectivity index (χ0) is 21.0. The quantitative estimate of drug-likeness (QED) is 0.744. The Morgan fingerprint density at radius 1 is 1.17 bits per heavy atom. The molecule has 1 heterocycles. The number of anilines is 2. The molecule has 2 amide bonds. The van der Waals surface area contributed by atoms with Gasteiger partial charge in [0.25, 0.3) is 5.91 Å². The van der Waals surface area contributed by atoms with Gasteiger partial charge in [0.15, 0.2) is 6.61 Å². The molecule has 0 aliphatic carbocycles. The second-order valence-electron chi connectivity index (χ2n) is 8.24. The van der Waals surface area contributed by atoms with Gasteiger partial charge in [0, 0.05) is 23.7 Å². The number of hydrogen-bond donors (Lipinski definition) is 1. The molecule has 2 aromatic rings. The van der Waals surface area contributed by atoms with E-state index in [0.29, 0.717) is 36.7 Å². The first-order valence-corrected chi connectivity index (χ1v) is 9.82. The van der Waals surface area contributed by atoms with Crippen molar-refractivity contribution in [1.29, 1.82) is 0 Å². The number of carbonyl (C=O) groups is 2. The third kappa shape index (κ3) is 5.28. The molecule has 0 radical (unpaired) electrons. The normalized spacial score (nSPS) is 13.5. The average molecular weight is 396 g/mol. The molecule has 0 saturated heterocycles. The zero-order valence-corrected chi connectivity index (χ0v) is 17.5. The van der Waals surface area contributed by atoms with Gasteiger partial charge in [-0.15, -0.1) is 0 Å². The molecule has 0 saturated carbocycles. The zero-order valence-electron chi connectivity index (χ0n) is 17.5. The van der Waals surface area contributed by atoms with Crippen LogP contribution in [-0.2, 0) is 9.59 Å². The summed E-state index contributed by atoms with van der Waals surface area (Å²) in [5.74, 6) is 1.26. The van der Waals surface area contributed by atoms with E-state index in [-0.39, 0.29) is 18.4 Å². The summed E-state index contributed by atoms with van der Waals surface area (Å²) in [4.78, 5) is 26.3. The first-order valence-electron chi connectivity index (χ1n) is 9.82. The highest BCUT2D eigenvalue weighted by Gasteiger charge is 2.26. The molecular weight excluding hydrogens is 368 g/mol. The van der Waals surface area contributed by atoms with E-state index in [4.69, 9.17) is 9.47 Å². The van der Waals surface area contributed by atoms with E-state index < -0.39 is 5.41 Å². The van der Waals surface area contributed by atoms with Crippen LogP contribution in [0.15, 0.2) is 42.5 Å². The maximum absolute atomic E-state index is 12.3. The lowest BCUT2D eigenvalue weighted by Crippen LogP contribution is -2.39. The van der Waals surface area contributed by atoms with Crippen molar-refractivity contribution in [3.05, 3.63) is 48.0 Å². The van der Waals surface area contributed by atoms with Crippen molar-refractivity contribution < 1.29 is 19.1 Å². The van der Waals surface area contributed by atoms with Crippen LogP contribution >= 0.6 is 0 Å². The van der Waals surface area contributed by atoms with E-state index in [0.717, 1.165) is 5.75 Å². The standard InChI is InChI=1S/C23H28N2O4/c1-16-6-9-18(10-7-16)28-13-5-12-25-19-11-8-17(24-22(27)23(2,3)4)14-20(19)29-15-21(25)26/h6-11,14H,5,12-13,15H2,1-4H3,(H,24,27). The Morgan fingerprint density at radius 3 is 2.59 bits per heavy atom. The largest absolute Gasteiger partial charge is 0.494 e. The lowest BCUT2D eigenvalue weighted by atomic mass is 9.95. The number of nitrogens with zero attached hydrogens (tertiary/aromatic N) is 1. The number of rotatable bonds is 6. The van der Waals surface area contributed by atoms with Gasteiger partial charge in [-0.3, -0.25) is 9.59 Å². The smallest absolute Gasteiger partial charge is 0.265 e. The second-order valence-corrected chi connectivity index (χ2v) is 8.24. The molecule has 1 N–H and O–H groups in total. The highest BCUT2D eigenvalue weighted by atomic mass is 16.5. The summed E-state index contributed by atoms with van der Waals surface area (Å²) in [5.41, 5.74) is 2.06. The molecule has 6 heteroatoms. The highest BCUT2D eigenvalue weighted by molar-refractivity contribution is 5.99. The molecule has 0 spiro atoms. The first-order chi connectivity index (χ1) is 13.7. The highest BCUT2D eigenvalue weighted by Crippen LogP contribution is 2.35. The summed E-state index contributed by atoms with van der Waals surface area (Å²) in [6.45, 7) is 8.65. The Bertz CT molecular complexity index is 885. The molecule has 6 nitrogen and oxygen atoms in total. The number of amides is 2. The maximum atomic E-state index is 12.3. The SMILES string of the molecule is Cc1ccc(OCCCN2C(=O)COc3cc(NC(=O)C(C)(C)C)ccc32)cc1. The fourth-order valence-electron chi connectivity index (χ4n) is 2.89. The molecule has 3 rings (SSSR count). The van der Waals surface area contributed by atoms with Crippen molar-refractivity contribution in [2.75, 3.05) is 30.0 Å². The molecule has 29 heavy (non-hydrogen) atoms. The fourth-order valence-corrected chi connectivity index (χ4v) is 2.89. The van der Waals surface area contributed by atoms with Gasteiger partial charge in [-0.25, -0.2) is 0 Å². The van der Waals surface area contributed by atoms with Crippen LogP contribution in [0.5, 0.6) is 11.5 Å². The minimum absolute atomic E-state index is 0.0114. The van der Waals surface area contributed by atoms with E-state index in [1.54, 1.807) is 17.0 Å². The minimum Gasteiger partial charge on any atom is -0.494 e. The van der Waals surface area contributed by atoms with Crippen molar-refractivity contribution in [2.45, 2.75) is 34.1 Å². The molecular formula is C23H28N2O4. The van der Waals surface area contributed by atoms with Gasteiger partial charge in [0.2, 0.25) is 5.91 Å². The van der Waals surface area contributed by atoms with Crippen molar-refractivity contribution >= 4 is 23.2 Å². The number of fused-ring (bicyclic) bond motifs is 1. The third-order valence-electron chi connectivity index (χ3n) is 4.66. The Labute approximate surface area is 171 Å². The summed E-state index contributed by atoms with van der Waals surface area (Å²) in [6, 6.07) is 13.3. The van der Waals surface area contributed by atoms with Gasteiger partial charge in [-0.2, -0.15) is 0 Å². The van der Waals surface area contributed by atoms with Crippen LogP contribution in [0.4, 0.5) is 11.4 Å². The van der Waals surface area contributed by atoms with E-state index in [1.165, 1.54) is 5.56 Å². The van der Waals surface area contributed by atoms with Gasteiger partial charge < -0.3 is 19.7 Å². The van der Waals surface area contributed by atoms with Crippen molar-refractivity contribution in [3.8, 4) is 11.5 Å². The van der Waals surface area contributed by atoms with Crippen molar-refractivity contribution in [1.82, 2.24) is 0 Å². The first kappa shape index (κ1) is 20.7. The molecule has 2 aromatic carbocycles. The van der Waals surface area contributed by atoms with E-state index in [1.807, 2.05) is 58.0 Å². The predicted octanol–water partition coefficient (Wildman–Crippen LogP) is 4.17. The Kier molecular flexibility index (Phi) is 6.11. The minimum atomic E-state index is -0.490. The van der Waals surface area contributed by atoms with Gasteiger partial charge in [-0.05, 0) is 37.6 Å². The predicted molar refractivity (Wildman–Crippen MR) is 114 cm³/mol. The summed E-state index contributed by atoms with van der Waals surface area (Å²) in [7, 11) is 0. The Morgan fingerprint density at radius 2 is 1.90 bits per heavy atom. The number of hydrogen-bond acceptors (Lipinski definition) is 4. The van der Waals surface area contributed by atoms with Crippen LogP contribution < -0.4 is 19.7 Å². The van der Waals surface area contributed by atoms with Crippen molar-refractivity contribution in [3.63, 3.8) is 0 Å². The van der Waals surface area contributed by atoms with Crippen LogP contribution in [0, 0.1) is 12.3 Å². The molecule has 154 valence electrons. The molecule has 1 aliphatic heterocycles. The average Bonchev–Trinajstić information content (AvgIpc) is 2.67. The van der Waals surface area contributed by atoms with Crippen molar-refractivity contribution in [2.24, 2.45) is 5.41 Å². The molecule has 0 atom stereocenters. The number of carbonyl (C=O) groups excluding carboxylic acids is 2. The summed E-state index contributed by atoms with van der Waals surface area (Å²) in [5, 5.41) is 2.89. The Hall–Kier alpha value is -3.02. The second kappa shape index (κ2) is 8.55. The topological polar surface area (TPSA) is 67.9 Å². The van der Waals surface area contributed by atoms with Crippen LogP contribution in [0.25, 0.3) is 0 Å². The molecule has 0 fully saturated rings. The van der Waals surface area contributed by atoms with Crippen LogP contribution in [-0.4, -0.2) is 31.6 Å². The van der Waals surface area contributed by atoms with Gasteiger partial charge >= 0.3 is 0 Å². The number of benzene rings is 2. The van der Waals surface area contributed by atoms with Gasteiger partial charge in [0.05, 0.1) is 12.3 Å². The number of aryl methyl sites for hydroxylation is 1. The van der Waals surface area contributed by atoms with Gasteiger partial charge in [0.1, 0.15) is 11.5 Å². The molecule has 0 bridgehead atoms. The van der Waals surface area contributed by atoms with E-state index in [9.17, 15) is 9.59 Å².